The molecule has 0 bridgehead atoms. The van der Waals surface area contributed by atoms with E-state index in [0.717, 1.165) is 42.2 Å². The predicted molar refractivity (Wildman–Crippen MR) is 130 cm³/mol. The van der Waals surface area contributed by atoms with Crippen LogP contribution in [0.25, 0.3) is 11.5 Å². The summed E-state index contributed by atoms with van der Waals surface area (Å²) in [5.41, 5.74) is 1.62. The fraction of sp³-hybridized carbons (Fsp3) is 0.440. The number of para-hydroxylation sites is 1. The van der Waals surface area contributed by atoms with E-state index in [9.17, 15) is 5.11 Å². The summed E-state index contributed by atoms with van der Waals surface area (Å²) in [6.07, 6.45) is 4.71. The van der Waals surface area contributed by atoms with E-state index in [0.29, 0.717) is 11.8 Å². The van der Waals surface area contributed by atoms with E-state index in [-0.39, 0.29) is 11.0 Å². The number of phenolic OH excluding ortho intramolecular Hbond substituents is 1. The normalized spacial score (nSPS) is 12.2. The third kappa shape index (κ3) is 7.00. The van der Waals surface area contributed by atoms with Gasteiger partial charge in [-0.2, -0.15) is 0 Å². The van der Waals surface area contributed by atoms with Gasteiger partial charge in [0, 0.05) is 11.1 Å². The maximum Gasteiger partial charge on any atom is 0.247 e. The molecule has 1 heterocycles. The van der Waals surface area contributed by atoms with E-state index in [1.807, 2.05) is 36.4 Å². The van der Waals surface area contributed by atoms with Crippen LogP contribution < -0.4 is 4.74 Å². The van der Waals surface area contributed by atoms with Gasteiger partial charge >= 0.3 is 0 Å². The van der Waals surface area contributed by atoms with Gasteiger partial charge < -0.3 is 19.2 Å². The average Bonchev–Trinajstić information content (AvgIpc) is 3.27. The molecule has 1 atom stereocenters. The van der Waals surface area contributed by atoms with E-state index >= 15 is 0 Å². The van der Waals surface area contributed by atoms with Gasteiger partial charge in [0.1, 0.15) is 16.7 Å². The fourth-order valence-electron chi connectivity index (χ4n) is 3.39. The SMILES string of the molecule is CCSC(c1nnc(-c2ccc(OCCCCCCN(C)C)cc2)o1)c1ccccc1O. The second-order valence-electron chi connectivity index (χ2n) is 7.93. The van der Waals surface area contributed by atoms with Crippen LogP contribution in [0.5, 0.6) is 11.5 Å². The van der Waals surface area contributed by atoms with E-state index in [2.05, 4.69) is 36.1 Å². The zero-order valence-corrected chi connectivity index (χ0v) is 20.0. The summed E-state index contributed by atoms with van der Waals surface area (Å²) in [4.78, 5) is 2.22. The van der Waals surface area contributed by atoms with Crippen LogP contribution in [0.1, 0.15) is 49.3 Å². The van der Waals surface area contributed by atoms with Crippen molar-refractivity contribution in [2.75, 3.05) is 33.0 Å². The Morgan fingerprint density at radius 1 is 1.00 bits per heavy atom. The molecule has 3 aromatic rings. The first-order valence-corrected chi connectivity index (χ1v) is 12.2. The van der Waals surface area contributed by atoms with Gasteiger partial charge in [-0.25, -0.2) is 0 Å². The standard InChI is InChI=1S/C25H33N3O3S/c1-4-32-23(21-11-7-8-12-22(21)29)25-27-26-24(31-25)19-13-15-20(16-14-19)30-18-10-6-5-9-17-28(2)3/h7-8,11-16,23,29H,4-6,9-10,17-18H2,1-3H3. The molecule has 1 N–H and O–H groups in total. The zero-order chi connectivity index (χ0) is 22.8. The molecule has 172 valence electrons. The van der Waals surface area contributed by atoms with E-state index in [1.165, 1.54) is 19.3 Å². The van der Waals surface area contributed by atoms with E-state index in [4.69, 9.17) is 9.15 Å². The lowest BCUT2D eigenvalue weighted by molar-refractivity contribution is 0.302. The fourth-order valence-corrected chi connectivity index (χ4v) is 4.34. The predicted octanol–water partition coefficient (Wildman–Crippen LogP) is 5.79. The van der Waals surface area contributed by atoms with E-state index in [1.54, 1.807) is 23.9 Å². The average molecular weight is 456 g/mol. The second kappa shape index (κ2) is 12.5. The summed E-state index contributed by atoms with van der Waals surface area (Å²) >= 11 is 1.65. The number of aromatic hydroxyl groups is 1. The smallest absolute Gasteiger partial charge is 0.247 e. The minimum atomic E-state index is -0.206. The lowest BCUT2D eigenvalue weighted by atomic mass is 10.1. The second-order valence-corrected chi connectivity index (χ2v) is 9.31. The quantitative estimate of drug-likeness (QED) is 0.327. The van der Waals surface area contributed by atoms with Crippen molar-refractivity contribution in [2.24, 2.45) is 0 Å². The number of rotatable bonds is 13. The molecule has 0 saturated heterocycles. The minimum Gasteiger partial charge on any atom is -0.508 e. The number of ether oxygens (including phenoxy) is 1. The molecule has 0 saturated carbocycles. The Kier molecular flexibility index (Phi) is 9.43. The van der Waals surface area contributed by atoms with Gasteiger partial charge in [0.2, 0.25) is 11.8 Å². The van der Waals surface area contributed by atoms with Crippen molar-refractivity contribution < 1.29 is 14.3 Å². The highest BCUT2D eigenvalue weighted by atomic mass is 32.2. The Labute approximate surface area is 195 Å². The van der Waals surface area contributed by atoms with Crippen molar-refractivity contribution in [3.63, 3.8) is 0 Å². The Morgan fingerprint density at radius 3 is 2.47 bits per heavy atom. The summed E-state index contributed by atoms with van der Waals surface area (Å²) in [7, 11) is 4.22. The Hall–Kier alpha value is -2.51. The van der Waals surface area contributed by atoms with Crippen LogP contribution in [-0.2, 0) is 0 Å². The molecule has 0 aliphatic rings. The summed E-state index contributed by atoms with van der Waals surface area (Å²) in [6, 6.07) is 15.0. The molecular weight excluding hydrogens is 422 g/mol. The summed E-state index contributed by atoms with van der Waals surface area (Å²) < 4.78 is 11.9. The largest absolute Gasteiger partial charge is 0.508 e. The molecule has 1 aromatic heterocycles. The molecular formula is C25H33N3O3S. The van der Waals surface area contributed by atoms with Gasteiger partial charge in [-0.15, -0.1) is 22.0 Å². The molecule has 0 radical (unpaired) electrons. The van der Waals surface area contributed by atoms with Crippen molar-refractivity contribution in [1.29, 1.82) is 0 Å². The summed E-state index contributed by atoms with van der Waals surface area (Å²) in [5, 5.41) is 18.6. The molecule has 3 rings (SSSR count). The maximum absolute atomic E-state index is 10.3. The Bertz CT molecular complexity index is 944. The first-order chi connectivity index (χ1) is 15.6. The molecule has 0 aliphatic carbocycles. The molecule has 6 nitrogen and oxygen atoms in total. The van der Waals surface area contributed by atoms with Gasteiger partial charge in [0.15, 0.2) is 0 Å². The van der Waals surface area contributed by atoms with Gasteiger partial charge in [0.25, 0.3) is 0 Å². The Morgan fingerprint density at radius 2 is 1.75 bits per heavy atom. The van der Waals surface area contributed by atoms with Crippen molar-refractivity contribution in [3.8, 4) is 23.0 Å². The topological polar surface area (TPSA) is 71.6 Å². The highest BCUT2D eigenvalue weighted by molar-refractivity contribution is 7.99. The van der Waals surface area contributed by atoms with Crippen LogP contribution in [0.4, 0.5) is 0 Å². The molecule has 32 heavy (non-hydrogen) atoms. The van der Waals surface area contributed by atoms with Crippen molar-refractivity contribution in [1.82, 2.24) is 15.1 Å². The van der Waals surface area contributed by atoms with Crippen molar-refractivity contribution in [3.05, 3.63) is 60.0 Å². The van der Waals surface area contributed by atoms with Gasteiger partial charge in [-0.3, -0.25) is 0 Å². The summed E-state index contributed by atoms with van der Waals surface area (Å²) in [6.45, 7) is 3.93. The first-order valence-electron chi connectivity index (χ1n) is 11.2. The number of aromatic nitrogens is 2. The van der Waals surface area contributed by atoms with Crippen molar-refractivity contribution in [2.45, 2.75) is 37.9 Å². The monoisotopic (exact) mass is 455 g/mol. The number of phenols is 1. The van der Waals surface area contributed by atoms with E-state index < -0.39 is 0 Å². The highest BCUT2D eigenvalue weighted by Crippen LogP contribution is 2.39. The number of unbranched alkanes of at least 4 members (excludes halogenated alkanes) is 3. The third-order valence-electron chi connectivity index (χ3n) is 5.09. The zero-order valence-electron chi connectivity index (χ0n) is 19.2. The van der Waals surface area contributed by atoms with Gasteiger partial charge in [-0.05, 0) is 69.6 Å². The Balaban J connectivity index is 1.56. The molecule has 0 spiro atoms. The lowest BCUT2D eigenvalue weighted by Crippen LogP contribution is -2.12. The minimum absolute atomic E-state index is 0.206. The molecule has 2 aromatic carbocycles. The third-order valence-corrected chi connectivity index (χ3v) is 6.21. The van der Waals surface area contributed by atoms with Crippen LogP contribution in [0.3, 0.4) is 0 Å². The van der Waals surface area contributed by atoms with Crippen molar-refractivity contribution >= 4 is 11.8 Å². The number of nitrogens with zero attached hydrogens (tertiary/aromatic N) is 3. The first kappa shape index (κ1) is 24.1. The van der Waals surface area contributed by atoms with Crippen LogP contribution in [-0.4, -0.2) is 53.2 Å². The van der Waals surface area contributed by atoms with Crippen LogP contribution in [0.15, 0.2) is 52.9 Å². The molecule has 0 amide bonds. The lowest BCUT2D eigenvalue weighted by Gasteiger charge is -2.13. The molecule has 1 unspecified atom stereocenters. The van der Waals surface area contributed by atoms with Crippen LogP contribution in [0, 0.1) is 0 Å². The van der Waals surface area contributed by atoms with Crippen LogP contribution in [0.2, 0.25) is 0 Å². The maximum atomic E-state index is 10.3. The number of benzene rings is 2. The number of hydrogen-bond acceptors (Lipinski definition) is 7. The summed E-state index contributed by atoms with van der Waals surface area (Å²) in [5.74, 6) is 2.89. The van der Waals surface area contributed by atoms with Gasteiger partial charge in [0.05, 0.1) is 6.61 Å². The van der Waals surface area contributed by atoms with Crippen LogP contribution >= 0.6 is 11.8 Å². The highest BCUT2D eigenvalue weighted by Gasteiger charge is 2.23. The van der Waals surface area contributed by atoms with Gasteiger partial charge in [-0.1, -0.05) is 38.0 Å². The molecule has 0 aliphatic heterocycles. The number of hydrogen-bond donors (Lipinski definition) is 1. The molecule has 7 heteroatoms. The number of thioether (sulfide) groups is 1. The molecule has 0 fully saturated rings.